The summed E-state index contributed by atoms with van der Waals surface area (Å²) < 4.78 is 5.80. The van der Waals surface area contributed by atoms with E-state index in [0.717, 1.165) is 12.8 Å². The Kier molecular flexibility index (Phi) is 8.56. The number of unbranched alkanes of at least 4 members (excludes halogenated alkanes) is 1. The number of carboxylic acid groups (broad SMARTS) is 1. The summed E-state index contributed by atoms with van der Waals surface area (Å²) >= 11 is 0. The van der Waals surface area contributed by atoms with Crippen LogP contribution in [-0.2, 0) is 10.2 Å². The van der Waals surface area contributed by atoms with Gasteiger partial charge >= 0.3 is 5.97 Å². The summed E-state index contributed by atoms with van der Waals surface area (Å²) in [6, 6.07) is 21.9. The maximum absolute atomic E-state index is 12.9. The largest absolute Gasteiger partial charge is 0.506 e. The number of nitrogens with zero attached hydrogens (tertiary/aromatic N) is 1. The number of nitrogens with one attached hydrogen (secondary N) is 2. The summed E-state index contributed by atoms with van der Waals surface area (Å²) in [7, 11) is 0. The van der Waals surface area contributed by atoms with E-state index in [-0.39, 0.29) is 30.3 Å². The minimum absolute atomic E-state index is 0.0466. The minimum atomic E-state index is -1.08. The first kappa shape index (κ1) is 28.8. The monoisotopic (exact) mass is 571 g/mol. The van der Waals surface area contributed by atoms with Gasteiger partial charge in [-0.15, -0.1) is 0 Å². The van der Waals surface area contributed by atoms with E-state index in [0.29, 0.717) is 53.0 Å². The first-order valence-electron chi connectivity index (χ1n) is 13.8. The maximum Gasteiger partial charge on any atom is 0.317 e. The number of hydrogen-bond donors (Lipinski definition) is 5. The van der Waals surface area contributed by atoms with Crippen molar-refractivity contribution in [1.82, 2.24) is 15.2 Å². The van der Waals surface area contributed by atoms with Crippen LogP contribution in [0.15, 0.2) is 83.7 Å². The molecule has 1 aliphatic heterocycles. The molecule has 1 amide bonds. The Bertz CT molecular complexity index is 1610. The summed E-state index contributed by atoms with van der Waals surface area (Å²) in [6.07, 6.45) is 0.776. The van der Waals surface area contributed by atoms with Gasteiger partial charge in [-0.1, -0.05) is 36.4 Å². The number of aliphatic hydroxyl groups is 1. The molecule has 10 nitrogen and oxygen atoms in total. The Labute approximate surface area is 242 Å². The summed E-state index contributed by atoms with van der Waals surface area (Å²) in [5.74, 6) is -0.553. The number of pyridine rings is 1. The maximum atomic E-state index is 12.9. The Morgan fingerprint density at radius 2 is 1.71 bits per heavy atom. The molecule has 0 aliphatic carbocycles. The number of aromatic amines is 1. The van der Waals surface area contributed by atoms with Gasteiger partial charge in [0, 0.05) is 36.7 Å². The predicted octanol–water partition coefficient (Wildman–Crippen LogP) is 3.19. The number of hydrogen-bond acceptors (Lipinski definition) is 7. The van der Waals surface area contributed by atoms with Gasteiger partial charge in [0.15, 0.2) is 0 Å². The molecule has 0 saturated carbocycles. The highest BCUT2D eigenvalue weighted by atomic mass is 16.5. The molecule has 5 N–H and O–H groups in total. The number of phenols is 1. The minimum Gasteiger partial charge on any atom is -0.506 e. The van der Waals surface area contributed by atoms with Gasteiger partial charge in [0.05, 0.1) is 18.2 Å². The lowest BCUT2D eigenvalue weighted by atomic mass is 9.73. The number of aliphatic carboxylic acids is 1. The second-order valence-corrected chi connectivity index (χ2v) is 10.5. The number of rotatable bonds is 12. The van der Waals surface area contributed by atoms with Crippen molar-refractivity contribution in [3.8, 4) is 11.5 Å². The third-order valence-electron chi connectivity index (χ3n) is 7.67. The molecule has 0 radical (unpaired) electrons. The van der Waals surface area contributed by atoms with Gasteiger partial charge in [-0.25, -0.2) is 0 Å². The lowest BCUT2D eigenvalue weighted by Crippen LogP contribution is -2.65. The molecular formula is C32H33N3O7. The normalized spacial score (nSPS) is 14.7. The van der Waals surface area contributed by atoms with Crippen LogP contribution in [0.4, 0.5) is 0 Å². The third-order valence-corrected chi connectivity index (χ3v) is 7.67. The van der Waals surface area contributed by atoms with Crippen molar-refractivity contribution in [1.29, 1.82) is 0 Å². The van der Waals surface area contributed by atoms with Crippen molar-refractivity contribution in [3.05, 3.63) is 106 Å². The van der Waals surface area contributed by atoms with Crippen LogP contribution >= 0.6 is 0 Å². The molecule has 1 unspecified atom stereocenters. The molecule has 1 atom stereocenters. The van der Waals surface area contributed by atoms with Crippen LogP contribution in [0.5, 0.6) is 11.5 Å². The highest BCUT2D eigenvalue weighted by Crippen LogP contribution is 2.36. The number of benzene rings is 3. The van der Waals surface area contributed by atoms with Gasteiger partial charge in [-0.3, -0.25) is 14.4 Å². The van der Waals surface area contributed by atoms with Gasteiger partial charge in [-0.05, 0) is 66.9 Å². The summed E-state index contributed by atoms with van der Waals surface area (Å²) in [5.41, 5.74) is 0.689. The molecule has 0 spiro atoms. The van der Waals surface area contributed by atoms with Crippen molar-refractivity contribution in [2.75, 3.05) is 32.8 Å². The molecule has 1 saturated heterocycles. The highest BCUT2D eigenvalue weighted by molar-refractivity contribution is 5.97. The third kappa shape index (κ3) is 6.00. The zero-order valence-electron chi connectivity index (χ0n) is 23.0. The number of aromatic hydroxyl groups is 1. The standard InChI is InChI=1S/C32H33N3O7/c36-26-14-12-24(25-13-15-28(38)34-29(25)26)27(37)18-33-16-4-5-17-42-23-10-8-21(9-11-23)30(39)35-19-32(20-35,31(40)41)22-6-2-1-3-7-22/h1-3,6-15,27,33,36-37H,4-5,16-20H2,(H,34,38)(H,40,41). The zero-order chi connectivity index (χ0) is 29.7. The van der Waals surface area contributed by atoms with Crippen molar-refractivity contribution in [2.24, 2.45) is 0 Å². The molecule has 4 aromatic rings. The van der Waals surface area contributed by atoms with Gasteiger partial charge in [0.1, 0.15) is 16.9 Å². The Hall–Kier alpha value is -4.67. The van der Waals surface area contributed by atoms with Crippen molar-refractivity contribution in [2.45, 2.75) is 24.4 Å². The number of ether oxygens (including phenoxy) is 1. The van der Waals surface area contributed by atoms with Crippen LogP contribution in [-0.4, -0.2) is 69.9 Å². The Balaban J connectivity index is 1.02. The topological polar surface area (TPSA) is 152 Å². The van der Waals surface area contributed by atoms with Gasteiger partial charge in [0.25, 0.3) is 5.91 Å². The zero-order valence-corrected chi connectivity index (χ0v) is 23.0. The number of phenolic OH excluding ortho intramolecular Hbond substituents is 1. The number of likely N-dealkylation sites (tertiary alicyclic amines) is 1. The Morgan fingerprint density at radius 1 is 0.976 bits per heavy atom. The molecular weight excluding hydrogens is 538 g/mol. The van der Waals surface area contributed by atoms with E-state index >= 15 is 0 Å². The first-order valence-corrected chi connectivity index (χ1v) is 13.8. The van der Waals surface area contributed by atoms with Gasteiger partial charge in [0.2, 0.25) is 5.56 Å². The lowest BCUT2D eigenvalue weighted by molar-refractivity contribution is -0.149. The van der Waals surface area contributed by atoms with Gasteiger partial charge in [-0.2, -0.15) is 0 Å². The number of carboxylic acids is 1. The molecule has 10 heteroatoms. The summed E-state index contributed by atoms with van der Waals surface area (Å²) in [5, 5.41) is 34.3. The first-order chi connectivity index (χ1) is 20.3. The predicted molar refractivity (Wildman–Crippen MR) is 157 cm³/mol. The fraction of sp³-hybridized carbons (Fsp3) is 0.281. The van der Waals surface area contributed by atoms with Crippen LogP contribution < -0.4 is 15.6 Å². The van der Waals surface area contributed by atoms with Crippen molar-refractivity contribution >= 4 is 22.8 Å². The summed E-state index contributed by atoms with van der Waals surface area (Å²) in [6.45, 7) is 1.71. The van der Waals surface area contributed by atoms with Crippen LogP contribution in [0, 0.1) is 0 Å². The van der Waals surface area contributed by atoms with E-state index < -0.39 is 17.5 Å². The van der Waals surface area contributed by atoms with E-state index in [4.69, 9.17) is 4.74 Å². The number of aliphatic hydroxyl groups excluding tert-OH is 1. The molecule has 2 heterocycles. The van der Waals surface area contributed by atoms with Crippen LogP contribution in [0.2, 0.25) is 0 Å². The highest BCUT2D eigenvalue weighted by Gasteiger charge is 2.52. The van der Waals surface area contributed by atoms with Crippen LogP contribution in [0.3, 0.4) is 0 Å². The van der Waals surface area contributed by atoms with Crippen LogP contribution in [0.1, 0.15) is 40.4 Å². The average Bonchev–Trinajstić information content (AvgIpc) is 2.97. The van der Waals surface area contributed by atoms with E-state index in [2.05, 4.69) is 10.3 Å². The number of aromatic nitrogens is 1. The lowest BCUT2D eigenvalue weighted by Gasteiger charge is -2.47. The molecule has 218 valence electrons. The second kappa shape index (κ2) is 12.5. The fourth-order valence-corrected chi connectivity index (χ4v) is 5.26. The van der Waals surface area contributed by atoms with Crippen LogP contribution in [0.25, 0.3) is 10.9 Å². The molecule has 42 heavy (non-hydrogen) atoms. The SMILES string of the molecule is O=C(c1ccc(OCCCCNCC(O)c2ccc(O)c3[nH]c(=O)ccc23)cc1)N1CC(C(=O)O)(c2ccccc2)C1. The van der Waals surface area contributed by atoms with E-state index in [1.807, 2.05) is 6.07 Å². The molecule has 1 aliphatic rings. The second-order valence-electron chi connectivity index (χ2n) is 10.5. The van der Waals surface area contributed by atoms with E-state index in [1.165, 1.54) is 12.1 Å². The van der Waals surface area contributed by atoms with E-state index in [9.17, 15) is 29.7 Å². The van der Waals surface area contributed by atoms with Gasteiger partial charge < -0.3 is 35.3 Å². The molecule has 0 bridgehead atoms. The number of fused-ring (bicyclic) bond motifs is 1. The summed E-state index contributed by atoms with van der Waals surface area (Å²) in [4.78, 5) is 40.6. The number of amides is 1. The molecule has 1 aromatic heterocycles. The number of H-pyrrole nitrogens is 1. The molecule has 5 rings (SSSR count). The number of carbonyl (C=O) groups excluding carboxylic acids is 1. The van der Waals surface area contributed by atoms with E-state index in [1.54, 1.807) is 65.6 Å². The molecule has 1 fully saturated rings. The van der Waals surface area contributed by atoms with Crippen molar-refractivity contribution in [3.63, 3.8) is 0 Å². The smallest absolute Gasteiger partial charge is 0.317 e. The fourth-order valence-electron chi connectivity index (χ4n) is 5.26. The number of carbonyl (C=O) groups is 2. The average molecular weight is 572 g/mol. The van der Waals surface area contributed by atoms with Crippen molar-refractivity contribution < 1.29 is 29.6 Å². The molecule has 3 aromatic carbocycles. The quantitative estimate of drug-likeness (QED) is 0.163. The Morgan fingerprint density at radius 3 is 2.43 bits per heavy atom.